The van der Waals surface area contributed by atoms with E-state index in [9.17, 15) is 13.2 Å². The van der Waals surface area contributed by atoms with Crippen LogP contribution in [0.2, 0.25) is 0 Å². The molecule has 0 spiro atoms. The van der Waals surface area contributed by atoms with Crippen LogP contribution in [-0.2, 0) is 9.84 Å². The lowest BCUT2D eigenvalue weighted by Crippen LogP contribution is -2.41. The maximum Gasteiger partial charge on any atom is 0.317 e. The Hall–Kier alpha value is -0.780. The highest BCUT2D eigenvalue weighted by molar-refractivity contribution is 7.91. The Morgan fingerprint density at radius 3 is 2.73 bits per heavy atom. The van der Waals surface area contributed by atoms with Gasteiger partial charge in [-0.15, -0.1) is 0 Å². The molecule has 6 heteroatoms. The molecule has 15 heavy (non-hydrogen) atoms. The van der Waals surface area contributed by atoms with Crippen LogP contribution in [0, 0.1) is 0 Å². The molecule has 1 fully saturated rings. The monoisotopic (exact) mass is 234 g/mol. The van der Waals surface area contributed by atoms with Crippen molar-refractivity contribution in [1.29, 1.82) is 0 Å². The maximum absolute atomic E-state index is 11.5. The predicted molar refractivity (Wildman–Crippen MR) is 58.5 cm³/mol. The molecule has 1 N–H and O–H groups in total. The standard InChI is InChI=1S/C9H18N2O3S/c1-2-4-10-9(12)11-5-3-7-15(13,14)8-6-11/h2-8H2,1H3,(H,10,12). The van der Waals surface area contributed by atoms with Gasteiger partial charge in [0.1, 0.15) is 0 Å². The largest absolute Gasteiger partial charge is 0.338 e. The van der Waals surface area contributed by atoms with Crippen LogP contribution in [0.25, 0.3) is 0 Å². The summed E-state index contributed by atoms with van der Waals surface area (Å²) in [5.41, 5.74) is 0. The Morgan fingerprint density at radius 2 is 2.07 bits per heavy atom. The second-order valence-electron chi connectivity index (χ2n) is 3.72. The van der Waals surface area contributed by atoms with Crippen molar-refractivity contribution in [3.63, 3.8) is 0 Å². The maximum atomic E-state index is 11.5. The van der Waals surface area contributed by atoms with Gasteiger partial charge in [-0.1, -0.05) is 6.92 Å². The first-order valence-electron chi connectivity index (χ1n) is 5.28. The number of carbonyl (C=O) groups is 1. The number of sulfone groups is 1. The Balaban J connectivity index is 2.47. The smallest absolute Gasteiger partial charge is 0.317 e. The number of carbonyl (C=O) groups excluding carboxylic acids is 1. The van der Waals surface area contributed by atoms with Gasteiger partial charge in [0.2, 0.25) is 0 Å². The molecule has 0 atom stereocenters. The SMILES string of the molecule is CCCNC(=O)N1CCCS(=O)(=O)CC1. The summed E-state index contributed by atoms with van der Waals surface area (Å²) in [6.07, 6.45) is 1.43. The summed E-state index contributed by atoms with van der Waals surface area (Å²) in [6.45, 7) is 3.47. The first-order valence-corrected chi connectivity index (χ1v) is 7.10. The summed E-state index contributed by atoms with van der Waals surface area (Å²) < 4.78 is 22.6. The zero-order valence-corrected chi connectivity index (χ0v) is 9.85. The van der Waals surface area contributed by atoms with Crippen LogP contribution in [0.4, 0.5) is 4.79 Å². The Kier molecular flexibility index (Phi) is 4.38. The first-order chi connectivity index (χ1) is 7.05. The lowest BCUT2D eigenvalue weighted by molar-refractivity contribution is 0.202. The molecule has 0 unspecified atom stereocenters. The van der Waals surface area contributed by atoms with Gasteiger partial charge in [-0.3, -0.25) is 0 Å². The van der Waals surface area contributed by atoms with Crippen molar-refractivity contribution in [3.05, 3.63) is 0 Å². The molecular formula is C9H18N2O3S. The van der Waals surface area contributed by atoms with E-state index >= 15 is 0 Å². The molecule has 1 rings (SSSR count). The molecule has 1 aliphatic heterocycles. The van der Waals surface area contributed by atoms with Crippen LogP contribution >= 0.6 is 0 Å². The van der Waals surface area contributed by atoms with Gasteiger partial charge in [0.15, 0.2) is 9.84 Å². The third-order valence-corrected chi connectivity index (χ3v) is 4.08. The fourth-order valence-corrected chi connectivity index (χ4v) is 2.76. The average Bonchev–Trinajstić information content (AvgIpc) is 2.36. The highest BCUT2D eigenvalue weighted by Crippen LogP contribution is 2.04. The molecular weight excluding hydrogens is 216 g/mol. The van der Waals surface area contributed by atoms with E-state index in [1.807, 2.05) is 6.92 Å². The van der Waals surface area contributed by atoms with Gasteiger partial charge >= 0.3 is 6.03 Å². The number of rotatable bonds is 2. The third kappa shape index (κ3) is 4.07. The zero-order chi connectivity index (χ0) is 11.3. The zero-order valence-electron chi connectivity index (χ0n) is 9.03. The number of amides is 2. The summed E-state index contributed by atoms with van der Waals surface area (Å²) in [6, 6.07) is -0.144. The summed E-state index contributed by atoms with van der Waals surface area (Å²) in [5, 5.41) is 2.75. The lowest BCUT2D eigenvalue weighted by atomic mass is 10.4. The van der Waals surface area contributed by atoms with E-state index in [4.69, 9.17) is 0 Å². The molecule has 1 aliphatic rings. The van der Waals surface area contributed by atoms with Gasteiger partial charge in [0.05, 0.1) is 11.5 Å². The highest BCUT2D eigenvalue weighted by Gasteiger charge is 2.21. The van der Waals surface area contributed by atoms with E-state index in [1.165, 1.54) is 0 Å². The van der Waals surface area contributed by atoms with Crippen molar-refractivity contribution in [2.24, 2.45) is 0 Å². The second kappa shape index (κ2) is 5.34. The highest BCUT2D eigenvalue weighted by atomic mass is 32.2. The molecule has 0 aliphatic carbocycles. The molecule has 88 valence electrons. The summed E-state index contributed by atoms with van der Waals surface area (Å²) >= 11 is 0. The summed E-state index contributed by atoms with van der Waals surface area (Å²) in [4.78, 5) is 13.1. The van der Waals surface area contributed by atoms with Crippen molar-refractivity contribution in [3.8, 4) is 0 Å². The van der Waals surface area contributed by atoms with Crippen molar-refractivity contribution in [2.45, 2.75) is 19.8 Å². The van der Waals surface area contributed by atoms with E-state index in [-0.39, 0.29) is 17.5 Å². The third-order valence-electron chi connectivity index (χ3n) is 2.37. The van der Waals surface area contributed by atoms with Crippen LogP contribution in [0.15, 0.2) is 0 Å². The number of nitrogens with zero attached hydrogens (tertiary/aromatic N) is 1. The normalized spacial score (nSPS) is 20.7. The molecule has 2 amide bonds. The molecule has 0 aromatic carbocycles. The fraction of sp³-hybridized carbons (Fsp3) is 0.889. The Labute approximate surface area is 90.7 Å². The first kappa shape index (κ1) is 12.3. The molecule has 0 bridgehead atoms. The van der Waals surface area contributed by atoms with Crippen LogP contribution in [-0.4, -0.2) is 50.5 Å². The molecule has 0 saturated carbocycles. The van der Waals surface area contributed by atoms with Gasteiger partial charge < -0.3 is 10.2 Å². The van der Waals surface area contributed by atoms with Crippen LogP contribution in [0.5, 0.6) is 0 Å². The number of nitrogens with one attached hydrogen (secondary N) is 1. The lowest BCUT2D eigenvalue weighted by Gasteiger charge is -2.19. The minimum Gasteiger partial charge on any atom is -0.338 e. The van der Waals surface area contributed by atoms with Crippen molar-refractivity contribution >= 4 is 15.9 Å². The minimum absolute atomic E-state index is 0.0898. The van der Waals surface area contributed by atoms with E-state index in [2.05, 4.69) is 5.32 Å². The van der Waals surface area contributed by atoms with Crippen LogP contribution < -0.4 is 5.32 Å². The number of hydrogen-bond donors (Lipinski definition) is 1. The van der Waals surface area contributed by atoms with Gasteiger partial charge in [-0.25, -0.2) is 13.2 Å². The van der Waals surface area contributed by atoms with Crippen molar-refractivity contribution in [1.82, 2.24) is 10.2 Å². The Morgan fingerprint density at radius 1 is 1.33 bits per heavy atom. The average molecular weight is 234 g/mol. The van der Waals surface area contributed by atoms with Gasteiger partial charge in [-0.05, 0) is 12.8 Å². The van der Waals surface area contributed by atoms with E-state index < -0.39 is 9.84 Å². The van der Waals surface area contributed by atoms with Crippen LogP contribution in [0.1, 0.15) is 19.8 Å². The summed E-state index contributed by atoms with van der Waals surface area (Å²) in [7, 11) is -2.93. The molecule has 1 heterocycles. The van der Waals surface area contributed by atoms with Crippen LogP contribution in [0.3, 0.4) is 0 Å². The van der Waals surface area contributed by atoms with E-state index in [0.717, 1.165) is 6.42 Å². The molecule has 1 saturated heterocycles. The fourth-order valence-electron chi connectivity index (χ4n) is 1.49. The van der Waals surface area contributed by atoms with Gasteiger partial charge in [-0.2, -0.15) is 0 Å². The molecule has 0 radical (unpaired) electrons. The number of hydrogen-bond acceptors (Lipinski definition) is 3. The molecule has 5 nitrogen and oxygen atoms in total. The van der Waals surface area contributed by atoms with Crippen molar-refractivity contribution in [2.75, 3.05) is 31.1 Å². The van der Waals surface area contributed by atoms with Crippen molar-refractivity contribution < 1.29 is 13.2 Å². The molecule has 0 aromatic heterocycles. The van der Waals surface area contributed by atoms with Gasteiger partial charge in [0, 0.05) is 19.6 Å². The number of urea groups is 1. The molecule has 0 aromatic rings. The summed E-state index contributed by atoms with van der Waals surface area (Å²) in [5.74, 6) is 0.289. The van der Waals surface area contributed by atoms with Gasteiger partial charge in [0.25, 0.3) is 0 Å². The topological polar surface area (TPSA) is 66.5 Å². The minimum atomic E-state index is -2.93. The van der Waals surface area contributed by atoms with E-state index in [0.29, 0.717) is 26.1 Å². The quantitative estimate of drug-likeness (QED) is 0.743. The second-order valence-corrected chi connectivity index (χ2v) is 6.03. The van der Waals surface area contributed by atoms with E-state index in [1.54, 1.807) is 4.90 Å². The predicted octanol–water partition coefficient (Wildman–Crippen LogP) is 0.227. The Bertz CT molecular complexity index is 313.